The van der Waals surface area contributed by atoms with Crippen LogP contribution in [0, 0.1) is 4.91 Å². The van der Waals surface area contributed by atoms with Gasteiger partial charge in [-0.05, 0) is 0 Å². The van der Waals surface area contributed by atoms with Crippen molar-refractivity contribution in [3.63, 3.8) is 0 Å². The molecule has 0 aromatic rings. The molecule has 1 unspecified atom stereocenters. The van der Waals surface area contributed by atoms with Gasteiger partial charge in [0.15, 0.2) is 6.23 Å². The van der Waals surface area contributed by atoms with Crippen LogP contribution >= 0.6 is 11.6 Å². The molecule has 0 bridgehead atoms. The molecule has 4 N–H and O–H groups in total. The zero-order valence-corrected chi connectivity index (χ0v) is 12.0. The molecule has 1 fully saturated rings. The molecule has 0 aromatic carbocycles. The molecular weight excluding hydrogens is 310 g/mol. The molecule has 122 valence electrons. The summed E-state index contributed by atoms with van der Waals surface area (Å²) in [6.45, 7) is -0.477. The summed E-state index contributed by atoms with van der Waals surface area (Å²) in [4.78, 5) is 23.1. The molecule has 0 radical (unpaired) electrons. The Labute approximate surface area is 125 Å². The molecule has 0 saturated carbocycles. The van der Waals surface area contributed by atoms with Crippen LogP contribution in [0.3, 0.4) is 0 Å². The summed E-state index contributed by atoms with van der Waals surface area (Å²) in [6.07, 6.45) is -7.43. The number of aliphatic hydroxyl groups excluding tert-OH is 4. The summed E-state index contributed by atoms with van der Waals surface area (Å²) in [6, 6.07) is -0.949. The second-order valence-corrected chi connectivity index (χ2v) is 4.93. The largest absolute Gasteiger partial charge is 0.388 e. The van der Waals surface area contributed by atoms with E-state index < -0.39 is 36.7 Å². The number of nitrogens with zero attached hydrogens (tertiary/aromatic N) is 3. The van der Waals surface area contributed by atoms with Gasteiger partial charge >= 0.3 is 6.03 Å². The minimum Gasteiger partial charge on any atom is -0.388 e. The van der Waals surface area contributed by atoms with Crippen LogP contribution in [0.25, 0.3) is 0 Å². The Bertz CT molecular complexity index is 375. The quantitative estimate of drug-likeness (QED) is 0.199. The number of carbonyl (C=O) groups is 1. The van der Waals surface area contributed by atoms with E-state index in [1.807, 2.05) is 0 Å². The number of rotatable bonds is 5. The van der Waals surface area contributed by atoms with Crippen LogP contribution < -0.4 is 0 Å². The number of hydrogen-bond acceptors (Lipinski definition) is 8. The van der Waals surface area contributed by atoms with Gasteiger partial charge in [-0.3, -0.25) is 4.90 Å². The van der Waals surface area contributed by atoms with Crippen molar-refractivity contribution in [2.45, 2.75) is 30.6 Å². The fourth-order valence-corrected chi connectivity index (χ4v) is 2.02. The molecule has 1 rings (SSSR count). The van der Waals surface area contributed by atoms with Crippen molar-refractivity contribution in [2.24, 2.45) is 5.29 Å². The number of alkyl halides is 1. The molecule has 11 heteroatoms. The second kappa shape index (κ2) is 7.82. The fraction of sp³-hybridized carbons (Fsp3) is 0.900. The first-order chi connectivity index (χ1) is 9.84. The summed E-state index contributed by atoms with van der Waals surface area (Å²) in [5.41, 5.74) is 0. The van der Waals surface area contributed by atoms with E-state index in [2.05, 4.69) is 5.29 Å². The third-order valence-corrected chi connectivity index (χ3v) is 3.32. The van der Waals surface area contributed by atoms with Crippen LogP contribution in [0.5, 0.6) is 0 Å². The van der Waals surface area contributed by atoms with Crippen molar-refractivity contribution in [1.82, 2.24) is 9.91 Å². The Morgan fingerprint density at radius 2 is 2.05 bits per heavy atom. The smallest absolute Gasteiger partial charge is 0.344 e. The second-order valence-electron chi connectivity index (χ2n) is 4.55. The van der Waals surface area contributed by atoms with Crippen LogP contribution in [-0.2, 0) is 4.74 Å². The maximum atomic E-state index is 11.9. The first-order valence-corrected chi connectivity index (χ1v) is 6.66. The van der Waals surface area contributed by atoms with Gasteiger partial charge in [0.2, 0.25) is 0 Å². The Kier molecular flexibility index (Phi) is 6.71. The Morgan fingerprint density at radius 3 is 2.57 bits per heavy atom. The molecule has 0 aliphatic carbocycles. The number of hydrogen-bond donors (Lipinski definition) is 4. The minimum absolute atomic E-state index is 0.0329. The maximum Gasteiger partial charge on any atom is 0.344 e. The minimum atomic E-state index is -1.66. The highest BCUT2D eigenvalue weighted by atomic mass is 35.5. The maximum absolute atomic E-state index is 11.9. The van der Waals surface area contributed by atoms with E-state index in [1.54, 1.807) is 0 Å². The van der Waals surface area contributed by atoms with Crippen LogP contribution in [0.1, 0.15) is 0 Å². The average molecular weight is 328 g/mol. The zero-order valence-electron chi connectivity index (χ0n) is 11.2. The average Bonchev–Trinajstić information content (AvgIpc) is 2.48. The van der Waals surface area contributed by atoms with Crippen molar-refractivity contribution < 1.29 is 30.0 Å². The zero-order chi connectivity index (χ0) is 16.2. The number of likely N-dealkylation sites (N-methyl/N-ethyl adjacent to an activating group) is 1. The molecule has 1 saturated heterocycles. The lowest BCUT2D eigenvalue weighted by molar-refractivity contribution is -0.225. The molecule has 1 heterocycles. The fourth-order valence-electron chi connectivity index (χ4n) is 1.86. The van der Waals surface area contributed by atoms with E-state index in [-0.39, 0.29) is 19.0 Å². The molecule has 10 nitrogen and oxygen atoms in total. The number of amides is 2. The number of aliphatic hydroxyl groups is 4. The molecular formula is C10H18ClN3O7. The molecule has 5 atom stereocenters. The number of urea groups is 1. The van der Waals surface area contributed by atoms with Gasteiger partial charge in [0, 0.05) is 12.9 Å². The highest BCUT2D eigenvalue weighted by Gasteiger charge is 2.43. The van der Waals surface area contributed by atoms with Crippen molar-refractivity contribution in [1.29, 1.82) is 0 Å². The predicted molar refractivity (Wildman–Crippen MR) is 70.1 cm³/mol. The third kappa shape index (κ3) is 3.99. The summed E-state index contributed by atoms with van der Waals surface area (Å²) in [5, 5.41) is 41.6. The molecule has 1 aliphatic heterocycles. The highest BCUT2D eigenvalue weighted by molar-refractivity contribution is 6.18. The van der Waals surface area contributed by atoms with E-state index in [9.17, 15) is 30.1 Å². The van der Waals surface area contributed by atoms with Gasteiger partial charge in [-0.15, -0.1) is 16.5 Å². The summed E-state index contributed by atoms with van der Waals surface area (Å²) in [5.74, 6) is -0.0329. The van der Waals surface area contributed by atoms with Crippen LogP contribution in [0.2, 0.25) is 0 Å². The van der Waals surface area contributed by atoms with Crippen LogP contribution in [0.4, 0.5) is 4.79 Å². The van der Waals surface area contributed by atoms with E-state index in [0.29, 0.717) is 9.91 Å². The number of carbonyl (C=O) groups excluding carboxylic acids is 1. The standard InChI is InChI=1S/C10H18ClN3O7/c1-13(10(19)14(12-20)3-2-11)9(18)8-7(17)6(16)5(15)4-21-8/h5-9,15-18H,2-4H2,1H3/t5-,6-,7+,8+,9?/m1/s1. The summed E-state index contributed by atoms with van der Waals surface area (Å²) >= 11 is 5.41. The monoisotopic (exact) mass is 327 g/mol. The Morgan fingerprint density at radius 1 is 1.43 bits per heavy atom. The number of nitroso groups, excluding NO2 is 1. The Balaban J connectivity index is 2.75. The van der Waals surface area contributed by atoms with Gasteiger partial charge < -0.3 is 25.2 Å². The first kappa shape index (κ1) is 18.0. The van der Waals surface area contributed by atoms with Crippen LogP contribution in [-0.4, -0.2) is 93.1 Å². The van der Waals surface area contributed by atoms with Gasteiger partial charge in [0.1, 0.15) is 24.4 Å². The van der Waals surface area contributed by atoms with Crippen molar-refractivity contribution in [3.8, 4) is 0 Å². The van der Waals surface area contributed by atoms with E-state index in [0.717, 1.165) is 7.05 Å². The number of ether oxygens (including phenoxy) is 1. The van der Waals surface area contributed by atoms with Crippen molar-refractivity contribution in [2.75, 3.05) is 26.1 Å². The summed E-state index contributed by atoms with van der Waals surface area (Å²) in [7, 11) is 1.16. The van der Waals surface area contributed by atoms with Gasteiger partial charge in [0.05, 0.1) is 18.4 Å². The molecule has 0 spiro atoms. The van der Waals surface area contributed by atoms with Gasteiger partial charge in [-0.2, -0.15) is 5.01 Å². The van der Waals surface area contributed by atoms with Crippen molar-refractivity contribution >= 4 is 17.6 Å². The van der Waals surface area contributed by atoms with Gasteiger partial charge in [-0.1, -0.05) is 0 Å². The normalized spacial score (nSPS) is 30.6. The topological polar surface area (TPSA) is 143 Å². The van der Waals surface area contributed by atoms with E-state index in [1.165, 1.54) is 0 Å². The van der Waals surface area contributed by atoms with Gasteiger partial charge in [-0.25, -0.2) is 4.79 Å². The molecule has 0 aromatic heterocycles. The molecule has 21 heavy (non-hydrogen) atoms. The van der Waals surface area contributed by atoms with Crippen LogP contribution in [0.15, 0.2) is 5.29 Å². The Hall–Kier alpha value is -1.04. The summed E-state index contributed by atoms with van der Waals surface area (Å²) < 4.78 is 5.02. The lowest BCUT2D eigenvalue weighted by Crippen LogP contribution is -2.61. The highest BCUT2D eigenvalue weighted by Crippen LogP contribution is 2.20. The van der Waals surface area contributed by atoms with E-state index >= 15 is 0 Å². The van der Waals surface area contributed by atoms with E-state index in [4.69, 9.17) is 16.3 Å². The first-order valence-electron chi connectivity index (χ1n) is 6.12. The number of halogens is 1. The lowest BCUT2D eigenvalue weighted by Gasteiger charge is -2.40. The predicted octanol–water partition coefficient (Wildman–Crippen LogP) is -1.94. The molecule has 1 aliphatic rings. The third-order valence-electron chi connectivity index (χ3n) is 3.15. The lowest BCUT2D eigenvalue weighted by atomic mass is 9.98. The molecule has 2 amide bonds. The SMILES string of the molecule is CN(C(=O)N(CCCl)N=O)C(O)[C@H]1OC[C@@H](O)[C@@H](O)[C@@H]1O. The van der Waals surface area contributed by atoms with Crippen molar-refractivity contribution in [3.05, 3.63) is 4.91 Å². The van der Waals surface area contributed by atoms with Gasteiger partial charge in [0.25, 0.3) is 0 Å².